The topological polar surface area (TPSA) is 65.5 Å². The van der Waals surface area contributed by atoms with Crippen molar-refractivity contribution in [2.75, 3.05) is 13.6 Å². The van der Waals surface area contributed by atoms with Crippen LogP contribution in [-0.4, -0.2) is 31.5 Å². The third-order valence-corrected chi connectivity index (χ3v) is 4.28. The molecule has 0 spiro atoms. The highest BCUT2D eigenvalue weighted by Crippen LogP contribution is 2.18. The van der Waals surface area contributed by atoms with E-state index in [0.717, 1.165) is 38.2 Å². The standard InChI is InChI=1S/C19H30N4O/c1-4-15-7-9-16(10-8-15)14(2)22-19(20-3)21-13-5-6-18(24)23-17-11-12-17/h7-10,14,17H,4-6,11-13H2,1-3H3,(H,23,24)(H2,20,21,22). The van der Waals surface area contributed by atoms with Crippen LogP contribution in [0.4, 0.5) is 0 Å². The van der Waals surface area contributed by atoms with Crippen LogP contribution < -0.4 is 16.0 Å². The van der Waals surface area contributed by atoms with Gasteiger partial charge in [0.25, 0.3) is 0 Å². The van der Waals surface area contributed by atoms with Crippen molar-refractivity contribution in [3.05, 3.63) is 35.4 Å². The lowest BCUT2D eigenvalue weighted by Crippen LogP contribution is -2.39. The van der Waals surface area contributed by atoms with Crippen molar-refractivity contribution in [3.8, 4) is 0 Å². The fourth-order valence-electron chi connectivity index (χ4n) is 2.51. The van der Waals surface area contributed by atoms with E-state index in [4.69, 9.17) is 0 Å². The molecule has 5 heteroatoms. The van der Waals surface area contributed by atoms with Gasteiger partial charge in [-0.1, -0.05) is 31.2 Å². The Morgan fingerprint density at radius 3 is 2.58 bits per heavy atom. The van der Waals surface area contributed by atoms with E-state index in [1.54, 1.807) is 7.05 Å². The van der Waals surface area contributed by atoms with Crippen molar-refractivity contribution in [1.29, 1.82) is 0 Å². The van der Waals surface area contributed by atoms with Gasteiger partial charge in [0, 0.05) is 26.1 Å². The molecule has 0 heterocycles. The third kappa shape index (κ3) is 6.22. The number of benzene rings is 1. The molecule has 1 aliphatic carbocycles. The zero-order valence-electron chi connectivity index (χ0n) is 15.1. The Bertz CT molecular complexity index is 549. The van der Waals surface area contributed by atoms with Gasteiger partial charge in [-0.15, -0.1) is 0 Å². The zero-order valence-corrected chi connectivity index (χ0v) is 15.1. The van der Waals surface area contributed by atoms with Crippen LogP contribution in [0.1, 0.15) is 56.7 Å². The van der Waals surface area contributed by atoms with Crippen LogP contribution in [-0.2, 0) is 11.2 Å². The summed E-state index contributed by atoms with van der Waals surface area (Å²) in [7, 11) is 1.77. The van der Waals surface area contributed by atoms with E-state index in [-0.39, 0.29) is 11.9 Å². The van der Waals surface area contributed by atoms with Crippen molar-refractivity contribution >= 4 is 11.9 Å². The molecule has 1 saturated carbocycles. The van der Waals surface area contributed by atoms with Crippen molar-refractivity contribution in [3.63, 3.8) is 0 Å². The SMILES string of the molecule is CCc1ccc(C(C)NC(=NC)NCCCC(=O)NC2CC2)cc1. The van der Waals surface area contributed by atoms with Gasteiger partial charge >= 0.3 is 0 Å². The Balaban J connectivity index is 1.69. The normalized spacial score (nSPS) is 15.7. The van der Waals surface area contributed by atoms with Gasteiger partial charge in [-0.2, -0.15) is 0 Å². The molecular formula is C19H30N4O. The number of carbonyl (C=O) groups excluding carboxylic acids is 1. The quantitative estimate of drug-likeness (QED) is 0.390. The van der Waals surface area contributed by atoms with Gasteiger partial charge < -0.3 is 16.0 Å². The smallest absolute Gasteiger partial charge is 0.220 e. The monoisotopic (exact) mass is 330 g/mol. The first-order chi connectivity index (χ1) is 11.6. The van der Waals surface area contributed by atoms with Gasteiger partial charge in [0.1, 0.15) is 0 Å². The molecule has 24 heavy (non-hydrogen) atoms. The average molecular weight is 330 g/mol. The van der Waals surface area contributed by atoms with Crippen molar-refractivity contribution in [2.45, 2.75) is 58.0 Å². The molecule has 1 aromatic carbocycles. The number of hydrogen-bond donors (Lipinski definition) is 3. The lowest BCUT2D eigenvalue weighted by atomic mass is 10.1. The number of nitrogens with one attached hydrogen (secondary N) is 3. The molecule has 1 aliphatic rings. The van der Waals surface area contributed by atoms with Gasteiger partial charge in [-0.05, 0) is 43.7 Å². The molecule has 0 radical (unpaired) electrons. The summed E-state index contributed by atoms with van der Waals surface area (Å²) in [5.41, 5.74) is 2.58. The first-order valence-corrected chi connectivity index (χ1v) is 8.97. The molecule has 1 aromatic rings. The molecule has 132 valence electrons. The number of aryl methyl sites for hydroxylation is 1. The summed E-state index contributed by atoms with van der Waals surface area (Å²) in [6.45, 7) is 5.02. The van der Waals surface area contributed by atoms with Crippen molar-refractivity contribution in [2.24, 2.45) is 4.99 Å². The van der Waals surface area contributed by atoms with E-state index in [0.29, 0.717) is 12.5 Å². The first kappa shape index (κ1) is 18.3. The van der Waals surface area contributed by atoms with Gasteiger partial charge in [-0.3, -0.25) is 9.79 Å². The van der Waals surface area contributed by atoms with Crippen LogP contribution >= 0.6 is 0 Å². The molecule has 0 aromatic heterocycles. The zero-order chi connectivity index (χ0) is 17.4. The van der Waals surface area contributed by atoms with Crippen LogP contribution in [0, 0.1) is 0 Å². The van der Waals surface area contributed by atoms with Gasteiger partial charge in [0.05, 0.1) is 6.04 Å². The summed E-state index contributed by atoms with van der Waals surface area (Å²) in [6, 6.07) is 9.28. The molecule has 5 nitrogen and oxygen atoms in total. The predicted molar refractivity (Wildman–Crippen MR) is 99.1 cm³/mol. The first-order valence-electron chi connectivity index (χ1n) is 8.97. The molecular weight excluding hydrogens is 300 g/mol. The number of amides is 1. The maximum absolute atomic E-state index is 11.6. The number of rotatable bonds is 8. The molecule has 2 rings (SSSR count). The minimum atomic E-state index is 0.159. The largest absolute Gasteiger partial charge is 0.356 e. The Morgan fingerprint density at radius 1 is 1.29 bits per heavy atom. The van der Waals surface area contributed by atoms with Gasteiger partial charge in [0.15, 0.2) is 5.96 Å². The van der Waals surface area contributed by atoms with Gasteiger partial charge in [-0.25, -0.2) is 0 Å². The molecule has 1 atom stereocenters. The summed E-state index contributed by atoms with van der Waals surface area (Å²) in [5, 5.41) is 9.67. The van der Waals surface area contributed by atoms with E-state index >= 15 is 0 Å². The minimum Gasteiger partial charge on any atom is -0.356 e. The Morgan fingerprint density at radius 2 is 2.00 bits per heavy atom. The predicted octanol–water partition coefficient (Wildman–Crippen LogP) is 2.53. The Labute approximate surface area is 145 Å². The fraction of sp³-hybridized carbons (Fsp3) is 0.579. The second kappa shape index (κ2) is 9.30. The fourth-order valence-corrected chi connectivity index (χ4v) is 2.51. The summed E-state index contributed by atoms with van der Waals surface area (Å²) in [6.07, 6.45) is 4.70. The number of hydrogen-bond acceptors (Lipinski definition) is 2. The van der Waals surface area contributed by atoms with Crippen molar-refractivity contribution < 1.29 is 4.79 Å². The highest BCUT2D eigenvalue weighted by atomic mass is 16.1. The van der Waals surface area contributed by atoms with E-state index in [2.05, 4.69) is 59.1 Å². The number of carbonyl (C=O) groups is 1. The lowest BCUT2D eigenvalue weighted by molar-refractivity contribution is -0.121. The van der Waals surface area contributed by atoms with E-state index in [1.807, 2.05) is 0 Å². The molecule has 1 fully saturated rings. The summed E-state index contributed by atoms with van der Waals surface area (Å²) in [5.74, 6) is 0.927. The lowest BCUT2D eigenvalue weighted by Gasteiger charge is -2.18. The second-order valence-corrected chi connectivity index (χ2v) is 6.41. The maximum Gasteiger partial charge on any atom is 0.220 e. The molecule has 1 amide bonds. The highest BCUT2D eigenvalue weighted by molar-refractivity contribution is 5.80. The van der Waals surface area contributed by atoms with Crippen LogP contribution in [0.3, 0.4) is 0 Å². The van der Waals surface area contributed by atoms with Crippen LogP contribution in [0.5, 0.6) is 0 Å². The molecule has 0 bridgehead atoms. The van der Waals surface area contributed by atoms with Crippen molar-refractivity contribution in [1.82, 2.24) is 16.0 Å². The summed E-state index contributed by atoms with van der Waals surface area (Å²) >= 11 is 0. The molecule has 3 N–H and O–H groups in total. The summed E-state index contributed by atoms with van der Waals surface area (Å²) in [4.78, 5) is 15.9. The van der Waals surface area contributed by atoms with E-state index in [9.17, 15) is 4.79 Å². The maximum atomic E-state index is 11.6. The van der Waals surface area contributed by atoms with Gasteiger partial charge in [0.2, 0.25) is 5.91 Å². The number of aliphatic imine (C=N–C) groups is 1. The van der Waals surface area contributed by atoms with Crippen LogP contribution in [0.2, 0.25) is 0 Å². The Kier molecular flexibility index (Phi) is 7.09. The summed E-state index contributed by atoms with van der Waals surface area (Å²) < 4.78 is 0. The third-order valence-electron chi connectivity index (χ3n) is 4.28. The second-order valence-electron chi connectivity index (χ2n) is 6.41. The number of nitrogens with zero attached hydrogens (tertiary/aromatic N) is 1. The average Bonchev–Trinajstić information content (AvgIpc) is 3.41. The van der Waals surface area contributed by atoms with E-state index in [1.165, 1.54) is 11.1 Å². The minimum absolute atomic E-state index is 0.159. The highest BCUT2D eigenvalue weighted by Gasteiger charge is 2.22. The van der Waals surface area contributed by atoms with Crippen LogP contribution in [0.15, 0.2) is 29.3 Å². The Hall–Kier alpha value is -2.04. The van der Waals surface area contributed by atoms with Crippen LogP contribution in [0.25, 0.3) is 0 Å². The molecule has 1 unspecified atom stereocenters. The molecule has 0 saturated heterocycles. The van der Waals surface area contributed by atoms with E-state index < -0.39 is 0 Å². The number of guanidine groups is 1. The molecule has 0 aliphatic heterocycles.